The van der Waals surface area contributed by atoms with Crippen LogP contribution in [0.1, 0.15) is 0 Å². The molecule has 2 heteroatoms. The first-order chi connectivity index (χ1) is 3.06. The minimum Gasteiger partial charge on any atom is -0.249 e. The molecule has 0 aliphatic carbocycles. The van der Waals surface area contributed by atoms with E-state index in [4.69, 9.17) is 0 Å². The Hall–Kier alpha value is 0.700. The van der Waals surface area contributed by atoms with Crippen LogP contribution in [0.4, 0.5) is 0 Å². The highest BCUT2D eigenvalue weighted by Crippen LogP contribution is 2.33. The van der Waals surface area contributed by atoms with Gasteiger partial charge < -0.3 is 0 Å². The maximum absolute atomic E-state index is 4.13. The van der Waals surface area contributed by atoms with Crippen LogP contribution < -0.4 is 0 Å². The Labute approximate surface area is 53.4 Å². The molecule has 0 bridgehead atoms. The highest BCUT2D eigenvalue weighted by Gasteiger charge is 1.99. The summed E-state index contributed by atoms with van der Waals surface area (Å²) < 4.78 is 0. The van der Waals surface area contributed by atoms with Crippen molar-refractivity contribution in [2.24, 2.45) is 0 Å². The molecule has 0 amide bonds. The summed E-state index contributed by atoms with van der Waals surface area (Å²) in [5.74, 6) is 2.33. The standard InChI is InChI=1S/C5H14S2/c1-7(2,3)5-4-6/h6H,4-5H2,1-3H3. The molecule has 0 nitrogen and oxygen atoms in total. The fraction of sp³-hybridized carbons (Fsp3) is 1.00. The Bertz CT molecular complexity index is 44.5. The van der Waals surface area contributed by atoms with Gasteiger partial charge in [0.05, 0.1) is 0 Å². The minimum absolute atomic E-state index is 0.251. The average Bonchev–Trinajstić information content (AvgIpc) is 1.30. The van der Waals surface area contributed by atoms with E-state index in [1.165, 1.54) is 5.75 Å². The van der Waals surface area contributed by atoms with E-state index < -0.39 is 0 Å². The zero-order chi connectivity index (χ0) is 5.91. The zero-order valence-electron chi connectivity index (χ0n) is 5.27. The summed E-state index contributed by atoms with van der Waals surface area (Å²) in [7, 11) is -0.251. The van der Waals surface area contributed by atoms with Gasteiger partial charge in [-0.1, -0.05) is 0 Å². The van der Waals surface area contributed by atoms with Gasteiger partial charge in [-0.25, -0.2) is 10.0 Å². The van der Waals surface area contributed by atoms with Gasteiger partial charge in [-0.2, -0.15) is 12.6 Å². The van der Waals surface area contributed by atoms with Crippen LogP contribution in [-0.4, -0.2) is 30.3 Å². The van der Waals surface area contributed by atoms with Crippen LogP contribution in [0.5, 0.6) is 0 Å². The Morgan fingerprint density at radius 1 is 1.29 bits per heavy atom. The quantitative estimate of drug-likeness (QED) is 0.551. The molecule has 0 radical (unpaired) electrons. The third-order valence-electron chi connectivity index (χ3n) is 0.704. The van der Waals surface area contributed by atoms with E-state index in [-0.39, 0.29) is 10.0 Å². The molecular weight excluding hydrogens is 124 g/mol. The molecular formula is C5H14S2. The fourth-order valence-electron chi connectivity index (χ4n) is 0.274. The molecule has 0 saturated heterocycles. The van der Waals surface area contributed by atoms with E-state index in [1.54, 1.807) is 0 Å². The number of hydrogen-bond acceptors (Lipinski definition) is 1. The van der Waals surface area contributed by atoms with Crippen LogP contribution in [0.3, 0.4) is 0 Å². The van der Waals surface area contributed by atoms with Crippen LogP contribution in [-0.2, 0) is 0 Å². The fourth-order valence-corrected chi connectivity index (χ4v) is 2.46. The molecule has 0 N–H and O–H groups in total. The minimum atomic E-state index is -0.251. The van der Waals surface area contributed by atoms with E-state index in [0.29, 0.717) is 0 Å². The molecule has 0 heterocycles. The summed E-state index contributed by atoms with van der Waals surface area (Å²) in [5.41, 5.74) is 0. The van der Waals surface area contributed by atoms with Crippen LogP contribution in [0.15, 0.2) is 0 Å². The highest BCUT2D eigenvalue weighted by atomic mass is 32.3. The molecule has 0 unspecified atom stereocenters. The van der Waals surface area contributed by atoms with Gasteiger partial charge in [0.1, 0.15) is 0 Å². The number of thiol groups is 1. The van der Waals surface area contributed by atoms with E-state index in [2.05, 4.69) is 31.4 Å². The first kappa shape index (κ1) is 7.70. The lowest BCUT2D eigenvalue weighted by molar-refractivity contribution is 1.53. The topological polar surface area (TPSA) is 0 Å². The van der Waals surface area contributed by atoms with Crippen molar-refractivity contribution in [2.75, 3.05) is 30.3 Å². The van der Waals surface area contributed by atoms with Gasteiger partial charge in [0.2, 0.25) is 0 Å². The van der Waals surface area contributed by atoms with Crippen molar-refractivity contribution < 1.29 is 0 Å². The SMILES string of the molecule is CS(C)(C)CCS. The first-order valence-corrected chi connectivity index (χ1v) is 5.99. The lowest BCUT2D eigenvalue weighted by Gasteiger charge is -2.23. The van der Waals surface area contributed by atoms with Crippen molar-refractivity contribution >= 4 is 22.7 Å². The molecule has 46 valence electrons. The van der Waals surface area contributed by atoms with Gasteiger partial charge in [-0.3, -0.25) is 0 Å². The van der Waals surface area contributed by atoms with Crippen molar-refractivity contribution in [1.29, 1.82) is 0 Å². The Kier molecular flexibility index (Phi) is 3.16. The van der Waals surface area contributed by atoms with Crippen molar-refractivity contribution in [3.63, 3.8) is 0 Å². The summed E-state index contributed by atoms with van der Waals surface area (Å²) in [4.78, 5) is 0. The largest absolute Gasteiger partial charge is 0.249 e. The van der Waals surface area contributed by atoms with Gasteiger partial charge in [-0.05, 0) is 30.3 Å². The van der Waals surface area contributed by atoms with Gasteiger partial charge in [0, 0.05) is 0 Å². The van der Waals surface area contributed by atoms with Crippen LogP contribution in [0.25, 0.3) is 0 Å². The number of rotatable bonds is 2. The molecule has 0 rings (SSSR count). The van der Waals surface area contributed by atoms with Gasteiger partial charge >= 0.3 is 0 Å². The molecule has 0 aromatic heterocycles. The number of hydrogen-bond donors (Lipinski definition) is 1. The van der Waals surface area contributed by atoms with E-state index >= 15 is 0 Å². The summed E-state index contributed by atoms with van der Waals surface area (Å²) >= 11 is 4.13. The Morgan fingerprint density at radius 2 is 1.71 bits per heavy atom. The third kappa shape index (κ3) is 6.70. The zero-order valence-corrected chi connectivity index (χ0v) is 6.98. The molecule has 7 heavy (non-hydrogen) atoms. The Balaban J connectivity index is 3.15. The molecule has 0 aliphatic heterocycles. The van der Waals surface area contributed by atoms with Gasteiger partial charge in [-0.15, -0.1) is 0 Å². The van der Waals surface area contributed by atoms with Gasteiger partial charge in [0.25, 0.3) is 0 Å². The lowest BCUT2D eigenvalue weighted by Crippen LogP contribution is -1.98. The maximum atomic E-state index is 4.13. The van der Waals surface area contributed by atoms with Crippen LogP contribution in [0.2, 0.25) is 0 Å². The Morgan fingerprint density at radius 3 is 1.71 bits per heavy atom. The van der Waals surface area contributed by atoms with Gasteiger partial charge in [0.15, 0.2) is 0 Å². The first-order valence-electron chi connectivity index (χ1n) is 2.33. The summed E-state index contributed by atoms with van der Waals surface area (Å²) in [6, 6.07) is 0. The van der Waals surface area contributed by atoms with Crippen molar-refractivity contribution in [2.45, 2.75) is 0 Å². The highest BCUT2D eigenvalue weighted by molar-refractivity contribution is 8.32. The molecule has 0 atom stereocenters. The molecule has 0 spiro atoms. The molecule has 0 saturated carbocycles. The average molecular weight is 138 g/mol. The maximum Gasteiger partial charge on any atom is -0.00217 e. The second kappa shape index (κ2) is 2.88. The predicted octanol–water partition coefficient (Wildman–Crippen LogP) is 1.61. The summed E-state index contributed by atoms with van der Waals surface area (Å²) in [6.07, 6.45) is 6.93. The monoisotopic (exact) mass is 138 g/mol. The van der Waals surface area contributed by atoms with Crippen molar-refractivity contribution in [3.05, 3.63) is 0 Å². The second-order valence-electron chi connectivity index (χ2n) is 2.52. The van der Waals surface area contributed by atoms with Crippen molar-refractivity contribution in [3.8, 4) is 0 Å². The normalized spacial score (nSPS) is 14.3. The third-order valence-corrected chi connectivity index (χ3v) is 2.66. The van der Waals surface area contributed by atoms with E-state index in [1.807, 2.05) is 0 Å². The molecule has 0 fully saturated rings. The second-order valence-corrected chi connectivity index (χ2v) is 7.56. The van der Waals surface area contributed by atoms with Crippen molar-refractivity contribution in [1.82, 2.24) is 0 Å². The summed E-state index contributed by atoms with van der Waals surface area (Å²) in [5, 5.41) is 0. The molecule has 0 aliphatic rings. The van der Waals surface area contributed by atoms with E-state index in [9.17, 15) is 0 Å². The molecule has 0 aromatic carbocycles. The lowest BCUT2D eigenvalue weighted by atomic mass is 11.0. The summed E-state index contributed by atoms with van der Waals surface area (Å²) in [6.45, 7) is 0. The van der Waals surface area contributed by atoms with E-state index in [0.717, 1.165) is 5.75 Å². The van der Waals surface area contributed by atoms with Crippen LogP contribution >= 0.6 is 22.7 Å². The molecule has 0 aromatic rings. The predicted molar refractivity (Wildman–Crippen MR) is 44.1 cm³/mol. The van der Waals surface area contributed by atoms with Crippen LogP contribution in [0, 0.1) is 0 Å². The smallest absolute Gasteiger partial charge is 0.00217 e.